The summed E-state index contributed by atoms with van der Waals surface area (Å²) in [5, 5.41) is 18.0. The SMILES string of the molecule is CC1=C(C)[N+](C2(c3[c-]c(C4(c5cc[n-]n5)c5cnccc5-c5ccncc54)ccc3)c3cnccc3-c3ccncc32)=C=[N+]1C.CC1=C(C)[N+](C2(c3[c-]c(C4(c5cc[n-]n5)c5cnccc5-c5ccncc54)ccc3)c3cnccc3-c3ccncc32)=C=[N+]1C.[Pt+2].[Pt+2]. The Morgan fingerprint density at radius 2 is 0.598 bits per heavy atom. The van der Waals surface area contributed by atoms with Crippen LogP contribution >= 0.6 is 0 Å². The standard InChI is InChI=1S/2C37H26N8.2Pt/c2*1-23-24(2)45(22-44(23)3)37(33-20-40-14-9-29(33)30-10-15-41-21-34(30)37)26-6-4-5-25(17-26)36(35-11-16-42-43-35)31-18-38-12-7-27(31)28-8-13-39-19-32(28)36;;/h2*4-16,18-21H,1-3H3;;/q;;2*+2. The number of pyridine rings is 8. The first-order valence-electron chi connectivity index (χ1n) is 29.6. The molecule has 0 fully saturated rings. The molecule has 0 unspecified atom stereocenters. The molecule has 18 rings (SSSR count). The molecule has 0 saturated carbocycles. The van der Waals surface area contributed by atoms with Crippen LogP contribution < -0.4 is 10.2 Å². The normalized spacial score (nSPS) is 16.2. The predicted octanol–water partition coefficient (Wildman–Crippen LogP) is 10.3. The summed E-state index contributed by atoms with van der Waals surface area (Å²) in [6.07, 6.45) is 33.9. The molecule has 12 aromatic rings. The van der Waals surface area contributed by atoms with Gasteiger partial charge in [0.1, 0.15) is 0 Å². The molecule has 444 valence electrons. The number of hydrogen-bond donors (Lipinski definition) is 0. The van der Waals surface area contributed by atoms with Crippen molar-refractivity contribution in [1.82, 2.24) is 60.3 Å². The Balaban J connectivity index is 0.000000149. The maximum absolute atomic E-state index is 4.69. The van der Waals surface area contributed by atoms with E-state index in [-0.39, 0.29) is 42.1 Å². The van der Waals surface area contributed by atoms with Crippen molar-refractivity contribution in [3.63, 3.8) is 0 Å². The zero-order valence-corrected chi connectivity index (χ0v) is 55.0. The van der Waals surface area contributed by atoms with Gasteiger partial charge in [-0.25, -0.2) is 0 Å². The van der Waals surface area contributed by atoms with Gasteiger partial charge in [0.2, 0.25) is 11.1 Å². The second-order valence-corrected chi connectivity index (χ2v) is 23.4. The van der Waals surface area contributed by atoms with Gasteiger partial charge >= 0.3 is 54.1 Å². The van der Waals surface area contributed by atoms with Gasteiger partial charge < -0.3 is 20.4 Å². The van der Waals surface area contributed by atoms with Crippen LogP contribution in [0.4, 0.5) is 0 Å². The van der Waals surface area contributed by atoms with E-state index in [9.17, 15) is 0 Å². The minimum atomic E-state index is -0.841. The van der Waals surface area contributed by atoms with Crippen LogP contribution in [0.25, 0.3) is 44.5 Å². The Kier molecular flexibility index (Phi) is 13.7. The fraction of sp³-hybridized carbons (Fsp3) is 0.135. The van der Waals surface area contributed by atoms with Crippen LogP contribution in [0.15, 0.2) is 231 Å². The third-order valence-corrected chi connectivity index (χ3v) is 19.7. The van der Waals surface area contributed by atoms with Crippen LogP contribution in [-0.4, -0.2) is 94.5 Å². The van der Waals surface area contributed by atoms with E-state index in [1.807, 2.05) is 135 Å². The second kappa shape index (κ2) is 21.7. The smallest absolute Gasteiger partial charge is 0.581 e. The van der Waals surface area contributed by atoms with Crippen LogP contribution in [0, 0.1) is 12.1 Å². The monoisotopic (exact) mass is 1550 g/mol. The number of rotatable bonds is 8. The maximum Gasteiger partial charge on any atom is 2.00 e. The molecule has 2 aromatic carbocycles. The van der Waals surface area contributed by atoms with Gasteiger partial charge in [-0.05, 0) is 115 Å². The molecule has 0 saturated heterocycles. The Labute approximate surface area is 558 Å². The van der Waals surface area contributed by atoms with Crippen molar-refractivity contribution in [1.29, 1.82) is 0 Å². The van der Waals surface area contributed by atoms with Crippen LogP contribution in [0.2, 0.25) is 0 Å². The number of allylic oxidation sites excluding steroid dienone is 4. The third-order valence-electron chi connectivity index (χ3n) is 19.7. The van der Waals surface area contributed by atoms with Crippen molar-refractivity contribution in [2.45, 2.75) is 49.6 Å². The van der Waals surface area contributed by atoms with Gasteiger partial charge in [0.25, 0.3) is 22.8 Å². The molecule has 12 heterocycles. The summed E-state index contributed by atoms with van der Waals surface area (Å²) in [6, 6.07) is 48.7. The minimum absolute atomic E-state index is 0. The zero-order valence-electron chi connectivity index (χ0n) is 50.4. The summed E-state index contributed by atoms with van der Waals surface area (Å²) in [5.41, 5.74) is 23.6. The fourth-order valence-corrected chi connectivity index (χ4v) is 15.4. The van der Waals surface area contributed by atoms with E-state index in [1.165, 1.54) is 0 Å². The van der Waals surface area contributed by atoms with E-state index in [1.54, 1.807) is 12.4 Å². The van der Waals surface area contributed by atoms with Gasteiger partial charge in [-0.2, -0.15) is 60.9 Å². The first kappa shape index (κ1) is 58.1. The van der Waals surface area contributed by atoms with Crippen molar-refractivity contribution >= 4 is 12.0 Å². The molecule has 0 bridgehead atoms. The van der Waals surface area contributed by atoms with Gasteiger partial charge in [0.15, 0.2) is 14.1 Å². The zero-order chi connectivity index (χ0) is 60.7. The van der Waals surface area contributed by atoms with Crippen LogP contribution in [0.5, 0.6) is 0 Å². The Bertz CT molecular complexity index is 4770. The van der Waals surface area contributed by atoms with Crippen molar-refractivity contribution < 1.29 is 60.4 Å². The molecule has 0 atom stereocenters. The van der Waals surface area contributed by atoms with Gasteiger partial charge in [0, 0.05) is 138 Å². The molecule has 0 N–H and O–H groups in total. The summed E-state index contributed by atoms with van der Waals surface area (Å²) in [5.74, 6) is 0. The van der Waals surface area contributed by atoms with E-state index >= 15 is 0 Å². The molecule has 6 aliphatic rings. The predicted molar refractivity (Wildman–Crippen MR) is 333 cm³/mol. The van der Waals surface area contributed by atoms with Gasteiger partial charge in [-0.1, -0.05) is 41.6 Å². The molecule has 92 heavy (non-hydrogen) atoms. The van der Waals surface area contributed by atoms with Gasteiger partial charge in [-0.15, -0.1) is 11.1 Å². The Morgan fingerprint density at radius 1 is 0.337 bits per heavy atom. The first-order chi connectivity index (χ1) is 44.1. The minimum Gasteiger partial charge on any atom is -0.581 e. The number of nitrogens with zero attached hydrogens (tertiary/aromatic N) is 16. The molecule has 0 spiro atoms. The van der Waals surface area contributed by atoms with Crippen LogP contribution in [0.3, 0.4) is 0 Å². The average Bonchev–Trinajstić information content (AvgIpc) is 1.52. The molecule has 4 aliphatic carbocycles. The third kappa shape index (κ3) is 7.54. The van der Waals surface area contributed by atoms with Crippen LogP contribution in [-0.2, 0) is 64.0 Å². The Morgan fingerprint density at radius 3 is 0.848 bits per heavy atom. The van der Waals surface area contributed by atoms with Gasteiger partial charge in [0.05, 0.1) is 33.1 Å². The van der Waals surface area contributed by atoms with E-state index in [0.29, 0.717) is 0 Å². The summed E-state index contributed by atoms with van der Waals surface area (Å²) >= 11 is 0. The van der Waals surface area contributed by atoms with E-state index in [0.717, 1.165) is 145 Å². The quantitative estimate of drug-likeness (QED) is 0.104. The average molecular weight is 1560 g/mol. The number of aromatic nitrogens is 12. The topological polar surface area (TPSA) is 169 Å². The molecule has 2 aliphatic heterocycles. The van der Waals surface area contributed by atoms with Crippen molar-refractivity contribution in [3.8, 4) is 44.5 Å². The first-order valence-corrected chi connectivity index (χ1v) is 29.6. The van der Waals surface area contributed by atoms with Crippen molar-refractivity contribution in [3.05, 3.63) is 322 Å². The molecular weight excluding hydrogens is 1500 g/mol. The number of fused-ring (bicyclic) bond motifs is 12. The molecule has 10 aromatic heterocycles. The van der Waals surface area contributed by atoms with Crippen LogP contribution in [0.1, 0.15) is 106 Å². The molecular formula is C74H52N16Pt2+4. The largest absolute Gasteiger partial charge is 2.00 e. The molecule has 18 heteroatoms. The summed E-state index contributed by atoms with van der Waals surface area (Å²) in [4.78, 5) is 37.0. The molecule has 0 radical (unpaired) electrons. The van der Waals surface area contributed by atoms with Crippen molar-refractivity contribution in [2.24, 2.45) is 0 Å². The maximum atomic E-state index is 4.69. The molecule has 0 amide bonds. The molecule has 16 nitrogen and oxygen atoms in total. The van der Waals surface area contributed by atoms with Crippen molar-refractivity contribution in [2.75, 3.05) is 14.1 Å². The van der Waals surface area contributed by atoms with E-state index in [2.05, 4.69) is 206 Å². The second-order valence-electron chi connectivity index (χ2n) is 23.4. The van der Waals surface area contributed by atoms with E-state index in [4.69, 9.17) is 0 Å². The fourth-order valence-electron chi connectivity index (χ4n) is 15.4. The Hall–Kier alpha value is -10.3. The summed E-state index contributed by atoms with van der Waals surface area (Å²) in [6.45, 7) is 8.52. The summed E-state index contributed by atoms with van der Waals surface area (Å²) < 4.78 is 8.57. The number of hydrogen-bond acceptors (Lipinski definition) is 10. The van der Waals surface area contributed by atoms with Gasteiger partial charge in [-0.3, -0.25) is 39.9 Å². The summed E-state index contributed by atoms with van der Waals surface area (Å²) in [7, 11) is 4.07. The van der Waals surface area contributed by atoms with E-state index < -0.39 is 21.9 Å². The number of benzene rings is 2.